The van der Waals surface area contributed by atoms with Gasteiger partial charge in [0.2, 0.25) is 5.91 Å². The first kappa shape index (κ1) is 11.7. The van der Waals surface area contributed by atoms with Crippen LogP contribution in [0.3, 0.4) is 0 Å². The van der Waals surface area contributed by atoms with E-state index in [0.717, 1.165) is 38.2 Å². The fourth-order valence-corrected chi connectivity index (χ4v) is 2.98. The van der Waals surface area contributed by atoms with Crippen LogP contribution in [-0.2, 0) is 17.8 Å². The van der Waals surface area contributed by atoms with Gasteiger partial charge in [0.25, 0.3) is 0 Å². The van der Waals surface area contributed by atoms with Crippen LogP contribution in [0, 0.1) is 5.92 Å². The smallest absolute Gasteiger partial charge is 0.227 e. The fraction of sp³-hybridized carbons (Fsp3) is 0.571. The quantitative estimate of drug-likeness (QED) is 0.801. The summed E-state index contributed by atoms with van der Waals surface area (Å²) >= 11 is 0. The summed E-state index contributed by atoms with van der Waals surface area (Å²) in [5.41, 5.74) is 2.36. The lowest BCUT2D eigenvalue weighted by atomic mass is 9.98. The highest BCUT2D eigenvalue weighted by molar-refractivity contribution is 5.80. The highest BCUT2D eigenvalue weighted by Gasteiger charge is 2.33. The van der Waals surface area contributed by atoms with Gasteiger partial charge in [0.05, 0.1) is 5.92 Å². The van der Waals surface area contributed by atoms with Crippen molar-refractivity contribution in [1.82, 2.24) is 15.2 Å². The molecule has 4 heteroatoms. The Bertz CT molecular complexity index is 460. The monoisotopic (exact) mass is 245 g/mol. The zero-order valence-corrected chi connectivity index (χ0v) is 10.7. The average molecular weight is 245 g/mol. The van der Waals surface area contributed by atoms with E-state index in [0.29, 0.717) is 11.9 Å². The van der Waals surface area contributed by atoms with E-state index in [2.05, 4.69) is 23.3 Å². The molecule has 0 spiro atoms. The summed E-state index contributed by atoms with van der Waals surface area (Å²) in [5, 5.41) is 3.35. The predicted octanol–water partition coefficient (Wildman–Crippen LogP) is 0.964. The van der Waals surface area contributed by atoms with Gasteiger partial charge in [-0.25, -0.2) is 0 Å². The third-order valence-electron chi connectivity index (χ3n) is 4.12. The molecule has 1 aromatic rings. The number of amides is 1. The molecule has 3 heterocycles. The number of nitrogens with one attached hydrogen (secondary N) is 1. The minimum Gasteiger partial charge on any atom is -0.338 e. The molecule has 0 saturated carbocycles. The van der Waals surface area contributed by atoms with Gasteiger partial charge in [-0.1, -0.05) is 6.07 Å². The van der Waals surface area contributed by atoms with Crippen molar-refractivity contribution in [2.75, 3.05) is 13.1 Å². The number of rotatable bonds is 1. The molecule has 96 valence electrons. The van der Waals surface area contributed by atoms with Crippen molar-refractivity contribution in [3.8, 4) is 0 Å². The lowest BCUT2D eigenvalue weighted by Crippen LogP contribution is -2.42. The lowest BCUT2D eigenvalue weighted by Gasteiger charge is -2.31. The molecule has 0 bridgehead atoms. The molecule has 2 aliphatic rings. The predicted molar refractivity (Wildman–Crippen MR) is 68.9 cm³/mol. The zero-order chi connectivity index (χ0) is 12.5. The number of hydrogen-bond acceptors (Lipinski definition) is 3. The molecule has 3 rings (SSSR count). The van der Waals surface area contributed by atoms with Gasteiger partial charge in [-0.3, -0.25) is 9.78 Å². The Morgan fingerprint density at radius 3 is 3.22 bits per heavy atom. The molecule has 0 aromatic carbocycles. The molecular weight excluding hydrogens is 226 g/mol. The maximum atomic E-state index is 12.5. The first-order chi connectivity index (χ1) is 8.75. The molecule has 0 aliphatic carbocycles. The Morgan fingerprint density at radius 2 is 2.44 bits per heavy atom. The van der Waals surface area contributed by atoms with Crippen LogP contribution >= 0.6 is 0 Å². The van der Waals surface area contributed by atoms with Crippen molar-refractivity contribution >= 4 is 5.91 Å². The minimum atomic E-state index is 0.156. The van der Waals surface area contributed by atoms with Gasteiger partial charge in [0, 0.05) is 37.4 Å². The minimum absolute atomic E-state index is 0.156. The van der Waals surface area contributed by atoms with Gasteiger partial charge in [0.1, 0.15) is 0 Å². The summed E-state index contributed by atoms with van der Waals surface area (Å²) in [4.78, 5) is 18.9. The van der Waals surface area contributed by atoms with E-state index in [9.17, 15) is 4.79 Å². The van der Waals surface area contributed by atoms with Gasteiger partial charge in [-0.15, -0.1) is 0 Å². The summed E-state index contributed by atoms with van der Waals surface area (Å²) in [6, 6.07) is 4.35. The number of hydrogen-bond donors (Lipinski definition) is 1. The Kier molecular flexibility index (Phi) is 3.04. The summed E-state index contributed by atoms with van der Waals surface area (Å²) in [7, 11) is 0. The standard InChI is InChI=1S/C14H19N3O/c1-10-12(4-7-15-10)14(18)17-8-5-13-11(9-17)3-2-6-16-13/h2-3,6,10,12,15H,4-5,7-9H2,1H3. The molecular formula is C14H19N3O. The van der Waals surface area contributed by atoms with Crippen LogP contribution in [0.5, 0.6) is 0 Å². The Hall–Kier alpha value is -1.42. The van der Waals surface area contributed by atoms with E-state index in [1.165, 1.54) is 5.56 Å². The van der Waals surface area contributed by atoms with E-state index >= 15 is 0 Å². The highest BCUT2D eigenvalue weighted by atomic mass is 16.2. The molecule has 1 N–H and O–H groups in total. The first-order valence-electron chi connectivity index (χ1n) is 6.70. The molecule has 1 saturated heterocycles. The SMILES string of the molecule is CC1NCCC1C(=O)N1CCc2ncccc2C1. The number of nitrogens with zero attached hydrogens (tertiary/aromatic N) is 2. The highest BCUT2D eigenvalue weighted by Crippen LogP contribution is 2.23. The van der Waals surface area contributed by atoms with Gasteiger partial charge in [-0.05, 0) is 31.5 Å². The summed E-state index contributed by atoms with van der Waals surface area (Å²) < 4.78 is 0. The molecule has 2 unspecified atom stereocenters. The van der Waals surface area contributed by atoms with Crippen LogP contribution in [-0.4, -0.2) is 34.9 Å². The van der Waals surface area contributed by atoms with Gasteiger partial charge in [0.15, 0.2) is 0 Å². The van der Waals surface area contributed by atoms with Crippen molar-refractivity contribution in [2.24, 2.45) is 5.92 Å². The average Bonchev–Trinajstić information content (AvgIpc) is 2.83. The molecule has 0 radical (unpaired) electrons. The van der Waals surface area contributed by atoms with Gasteiger partial charge in [-0.2, -0.15) is 0 Å². The molecule has 4 nitrogen and oxygen atoms in total. The van der Waals surface area contributed by atoms with Crippen molar-refractivity contribution in [3.63, 3.8) is 0 Å². The van der Waals surface area contributed by atoms with Crippen LogP contribution in [0.15, 0.2) is 18.3 Å². The number of aromatic nitrogens is 1. The number of pyridine rings is 1. The van der Waals surface area contributed by atoms with Crippen LogP contribution < -0.4 is 5.32 Å². The van der Waals surface area contributed by atoms with Crippen LogP contribution in [0.2, 0.25) is 0 Å². The van der Waals surface area contributed by atoms with Gasteiger partial charge >= 0.3 is 0 Å². The van der Waals surface area contributed by atoms with E-state index in [-0.39, 0.29) is 5.92 Å². The number of fused-ring (bicyclic) bond motifs is 1. The van der Waals surface area contributed by atoms with Crippen LogP contribution in [0.25, 0.3) is 0 Å². The molecule has 2 atom stereocenters. The van der Waals surface area contributed by atoms with Crippen molar-refractivity contribution in [2.45, 2.75) is 32.4 Å². The third-order valence-corrected chi connectivity index (χ3v) is 4.12. The molecule has 2 aliphatic heterocycles. The maximum Gasteiger partial charge on any atom is 0.227 e. The second kappa shape index (κ2) is 4.69. The van der Waals surface area contributed by atoms with Crippen molar-refractivity contribution in [3.05, 3.63) is 29.6 Å². The van der Waals surface area contributed by atoms with Crippen LogP contribution in [0.1, 0.15) is 24.6 Å². The second-order valence-electron chi connectivity index (χ2n) is 5.26. The Morgan fingerprint density at radius 1 is 1.56 bits per heavy atom. The lowest BCUT2D eigenvalue weighted by molar-refractivity contribution is -0.136. The molecule has 18 heavy (non-hydrogen) atoms. The summed E-state index contributed by atoms with van der Waals surface area (Å²) in [6.45, 7) is 4.61. The van der Waals surface area contributed by atoms with Crippen LogP contribution in [0.4, 0.5) is 0 Å². The molecule has 1 fully saturated rings. The summed E-state index contributed by atoms with van der Waals surface area (Å²) in [5.74, 6) is 0.463. The van der Waals surface area contributed by atoms with E-state index < -0.39 is 0 Å². The van der Waals surface area contributed by atoms with E-state index in [4.69, 9.17) is 0 Å². The topological polar surface area (TPSA) is 45.2 Å². The Labute approximate surface area is 107 Å². The summed E-state index contributed by atoms with van der Waals surface area (Å²) in [6.07, 6.45) is 3.69. The van der Waals surface area contributed by atoms with Gasteiger partial charge < -0.3 is 10.2 Å². The van der Waals surface area contributed by atoms with Crippen molar-refractivity contribution in [1.29, 1.82) is 0 Å². The largest absolute Gasteiger partial charge is 0.338 e. The second-order valence-corrected chi connectivity index (χ2v) is 5.26. The normalized spacial score (nSPS) is 27.1. The Balaban J connectivity index is 1.74. The zero-order valence-electron chi connectivity index (χ0n) is 10.7. The van der Waals surface area contributed by atoms with E-state index in [1.807, 2.05) is 17.2 Å². The number of carbonyl (C=O) groups excluding carboxylic acids is 1. The third kappa shape index (κ3) is 2.01. The number of carbonyl (C=O) groups is 1. The molecule has 1 aromatic heterocycles. The molecule has 1 amide bonds. The first-order valence-corrected chi connectivity index (χ1v) is 6.70. The van der Waals surface area contributed by atoms with E-state index in [1.54, 1.807) is 0 Å². The van der Waals surface area contributed by atoms with Crippen molar-refractivity contribution < 1.29 is 4.79 Å². The maximum absolute atomic E-state index is 12.5. The fourth-order valence-electron chi connectivity index (χ4n) is 2.98.